The third-order valence-corrected chi connectivity index (χ3v) is 3.52. The molecule has 0 aliphatic rings. The Morgan fingerprint density at radius 1 is 1.29 bits per heavy atom. The standard InChI is InChI=1S/C14H23ClN2/c1-4-11(2)14(16)10-17(3)9-12-5-7-13(15)8-6-12/h5-8,11,14H,4,9-10,16H2,1-3H3. The average molecular weight is 255 g/mol. The Hall–Kier alpha value is -0.570. The van der Waals surface area contributed by atoms with Crippen LogP contribution in [0.4, 0.5) is 0 Å². The summed E-state index contributed by atoms with van der Waals surface area (Å²) in [5.74, 6) is 0.572. The molecule has 0 aliphatic heterocycles. The van der Waals surface area contributed by atoms with E-state index in [4.69, 9.17) is 17.3 Å². The third kappa shape index (κ3) is 5.07. The first kappa shape index (κ1) is 14.5. The van der Waals surface area contributed by atoms with Gasteiger partial charge in [0, 0.05) is 24.2 Å². The molecular formula is C14H23ClN2. The van der Waals surface area contributed by atoms with E-state index in [0.717, 1.165) is 24.5 Å². The number of nitrogens with zero attached hydrogens (tertiary/aromatic N) is 1. The molecule has 2 unspecified atom stereocenters. The molecule has 1 rings (SSSR count). The van der Waals surface area contributed by atoms with E-state index in [1.165, 1.54) is 5.56 Å². The van der Waals surface area contributed by atoms with Crippen molar-refractivity contribution in [2.24, 2.45) is 11.7 Å². The number of likely N-dealkylation sites (N-methyl/N-ethyl adjacent to an activating group) is 1. The maximum Gasteiger partial charge on any atom is 0.0406 e. The van der Waals surface area contributed by atoms with Crippen LogP contribution in [0.3, 0.4) is 0 Å². The summed E-state index contributed by atoms with van der Waals surface area (Å²) in [7, 11) is 2.11. The molecule has 2 N–H and O–H groups in total. The van der Waals surface area contributed by atoms with Crippen molar-refractivity contribution >= 4 is 11.6 Å². The fourth-order valence-corrected chi connectivity index (χ4v) is 1.93. The van der Waals surface area contributed by atoms with Crippen molar-refractivity contribution in [3.05, 3.63) is 34.9 Å². The van der Waals surface area contributed by atoms with Crippen LogP contribution >= 0.6 is 11.6 Å². The van der Waals surface area contributed by atoms with Crippen LogP contribution in [0.2, 0.25) is 5.02 Å². The van der Waals surface area contributed by atoms with E-state index in [2.05, 4.69) is 37.9 Å². The second-order valence-electron chi connectivity index (χ2n) is 4.87. The minimum absolute atomic E-state index is 0.248. The van der Waals surface area contributed by atoms with Crippen LogP contribution in [0, 0.1) is 5.92 Å². The number of halogens is 1. The maximum atomic E-state index is 6.14. The number of hydrogen-bond acceptors (Lipinski definition) is 2. The van der Waals surface area contributed by atoms with E-state index in [9.17, 15) is 0 Å². The topological polar surface area (TPSA) is 29.3 Å². The van der Waals surface area contributed by atoms with E-state index >= 15 is 0 Å². The summed E-state index contributed by atoms with van der Waals surface area (Å²) in [6, 6.07) is 8.23. The van der Waals surface area contributed by atoms with Gasteiger partial charge in [-0.2, -0.15) is 0 Å². The van der Waals surface area contributed by atoms with Gasteiger partial charge in [-0.1, -0.05) is 44.0 Å². The van der Waals surface area contributed by atoms with Gasteiger partial charge in [0.2, 0.25) is 0 Å². The average Bonchev–Trinajstić information content (AvgIpc) is 2.30. The van der Waals surface area contributed by atoms with Crippen molar-refractivity contribution in [1.82, 2.24) is 4.90 Å². The van der Waals surface area contributed by atoms with Crippen LogP contribution in [-0.2, 0) is 6.54 Å². The van der Waals surface area contributed by atoms with Gasteiger partial charge in [0.15, 0.2) is 0 Å². The van der Waals surface area contributed by atoms with E-state index in [1.54, 1.807) is 0 Å². The zero-order valence-electron chi connectivity index (χ0n) is 11.0. The Morgan fingerprint density at radius 2 is 1.88 bits per heavy atom. The molecule has 0 spiro atoms. The van der Waals surface area contributed by atoms with Gasteiger partial charge in [-0.15, -0.1) is 0 Å². The highest BCUT2D eigenvalue weighted by Gasteiger charge is 2.13. The van der Waals surface area contributed by atoms with Crippen molar-refractivity contribution in [2.75, 3.05) is 13.6 Å². The van der Waals surface area contributed by atoms with Gasteiger partial charge in [-0.05, 0) is 30.7 Å². The zero-order chi connectivity index (χ0) is 12.8. The Bertz CT molecular complexity index is 323. The molecule has 0 aliphatic carbocycles. The first-order chi connectivity index (χ1) is 8.02. The molecule has 0 amide bonds. The quantitative estimate of drug-likeness (QED) is 0.845. The molecule has 0 bridgehead atoms. The summed E-state index contributed by atoms with van der Waals surface area (Å²) >= 11 is 5.86. The van der Waals surface area contributed by atoms with Crippen molar-refractivity contribution in [1.29, 1.82) is 0 Å². The summed E-state index contributed by atoms with van der Waals surface area (Å²) in [4.78, 5) is 2.26. The van der Waals surface area contributed by atoms with Gasteiger partial charge in [-0.3, -0.25) is 0 Å². The molecule has 1 aromatic rings. The molecule has 17 heavy (non-hydrogen) atoms. The summed E-state index contributed by atoms with van der Waals surface area (Å²) in [5.41, 5.74) is 7.42. The number of nitrogens with two attached hydrogens (primary N) is 1. The van der Waals surface area contributed by atoms with Crippen molar-refractivity contribution in [3.63, 3.8) is 0 Å². The second-order valence-corrected chi connectivity index (χ2v) is 5.31. The lowest BCUT2D eigenvalue weighted by atomic mass is 10.00. The molecule has 0 fully saturated rings. The van der Waals surface area contributed by atoms with Gasteiger partial charge in [0.05, 0.1) is 0 Å². The lowest BCUT2D eigenvalue weighted by Crippen LogP contribution is -2.39. The molecule has 2 atom stereocenters. The first-order valence-electron chi connectivity index (χ1n) is 6.21. The molecule has 0 heterocycles. The Labute approximate surface area is 110 Å². The molecule has 0 saturated heterocycles. The molecule has 2 nitrogen and oxygen atoms in total. The number of hydrogen-bond donors (Lipinski definition) is 1. The maximum absolute atomic E-state index is 6.14. The lowest BCUT2D eigenvalue weighted by Gasteiger charge is -2.25. The Balaban J connectivity index is 2.44. The molecule has 0 aromatic heterocycles. The van der Waals surface area contributed by atoms with Gasteiger partial charge >= 0.3 is 0 Å². The monoisotopic (exact) mass is 254 g/mol. The van der Waals surface area contributed by atoms with Crippen LogP contribution in [0.25, 0.3) is 0 Å². The van der Waals surface area contributed by atoms with Crippen LogP contribution in [0.15, 0.2) is 24.3 Å². The molecule has 96 valence electrons. The fourth-order valence-electron chi connectivity index (χ4n) is 1.81. The van der Waals surface area contributed by atoms with Gasteiger partial charge in [-0.25, -0.2) is 0 Å². The van der Waals surface area contributed by atoms with Crippen LogP contribution < -0.4 is 5.73 Å². The first-order valence-corrected chi connectivity index (χ1v) is 6.59. The Morgan fingerprint density at radius 3 is 2.41 bits per heavy atom. The lowest BCUT2D eigenvalue weighted by molar-refractivity contribution is 0.267. The number of rotatable bonds is 6. The van der Waals surface area contributed by atoms with Gasteiger partial charge < -0.3 is 10.6 Å². The van der Waals surface area contributed by atoms with E-state index < -0.39 is 0 Å². The molecule has 1 aromatic carbocycles. The molecular weight excluding hydrogens is 232 g/mol. The highest BCUT2D eigenvalue weighted by molar-refractivity contribution is 6.30. The third-order valence-electron chi connectivity index (χ3n) is 3.26. The minimum Gasteiger partial charge on any atom is -0.326 e. The molecule has 0 radical (unpaired) electrons. The predicted molar refractivity (Wildman–Crippen MR) is 75.2 cm³/mol. The van der Waals surface area contributed by atoms with Gasteiger partial charge in [0.25, 0.3) is 0 Å². The smallest absolute Gasteiger partial charge is 0.0406 e. The van der Waals surface area contributed by atoms with Crippen molar-refractivity contribution in [3.8, 4) is 0 Å². The SMILES string of the molecule is CCC(C)C(N)CN(C)Cc1ccc(Cl)cc1. The van der Waals surface area contributed by atoms with Crippen molar-refractivity contribution in [2.45, 2.75) is 32.9 Å². The summed E-state index contributed by atoms with van der Waals surface area (Å²) in [6.07, 6.45) is 1.13. The minimum atomic E-state index is 0.248. The van der Waals surface area contributed by atoms with E-state index in [-0.39, 0.29) is 6.04 Å². The number of benzene rings is 1. The predicted octanol–water partition coefficient (Wildman–Crippen LogP) is 3.15. The zero-order valence-corrected chi connectivity index (χ0v) is 11.7. The van der Waals surface area contributed by atoms with Gasteiger partial charge in [0.1, 0.15) is 0 Å². The Kier molecular flexibility index (Phi) is 5.96. The van der Waals surface area contributed by atoms with E-state index in [0.29, 0.717) is 5.92 Å². The molecule has 0 saturated carbocycles. The molecule has 3 heteroatoms. The highest BCUT2D eigenvalue weighted by atomic mass is 35.5. The fraction of sp³-hybridized carbons (Fsp3) is 0.571. The summed E-state index contributed by atoms with van der Waals surface area (Å²) in [6.45, 7) is 6.24. The van der Waals surface area contributed by atoms with E-state index in [1.807, 2.05) is 12.1 Å². The van der Waals surface area contributed by atoms with Crippen LogP contribution in [-0.4, -0.2) is 24.5 Å². The second kappa shape index (κ2) is 7.00. The van der Waals surface area contributed by atoms with Crippen LogP contribution in [0.5, 0.6) is 0 Å². The van der Waals surface area contributed by atoms with Crippen molar-refractivity contribution < 1.29 is 0 Å². The summed E-state index contributed by atoms with van der Waals surface area (Å²) < 4.78 is 0. The summed E-state index contributed by atoms with van der Waals surface area (Å²) in [5, 5.41) is 0.785. The largest absolute Gasteiger partial charge is 0.326 e. The highest BCUT2D eigenvalue weighted by Crippen LogP contribution is 2.12. The van der Waals surface area contributed by atoms with Crippen LogP contribution in [0.1, 0.15) is 25.8 Å². The normalized spacial score (nSPS) is 14.9.